The van der Waals surface area contributed by atoms with Crippen molar-refractivity contribution in [3.8, 4) is 0 Å². The second-order valence-electron chi connectivity index (χ2n) is 4.00. The quantitative estimate of drug-likeness (QED) is 0.542. The molecule has 0 aliphatic heterocycles. The van der Waals surface area contributed by atoms with Crippen LogP contribution in [0.3, 0.4) is 0 Å². The number of hydrogen-bond donors (Lipinski definition) is 3. The summed E-state index contributed by atoms with van der Waals surface area (Å²) in [6.07, 6.45) is 1.34. The number of aromatic amines is 1. The number of hydrogen-bond acceptors (Lipinski definition) is 6. The first-order valence-electron chi connectivity index (χ1n) is 5.52. The smallest absolute Gasteiger partial charge is 0.304 e. The number of nitro groups is 1. The fraction of sp³-hybridized carbons (Fsp3) is 0.100. The number of nitrogens with zero attached hydrogens (tertiary/aromatic N) is 2. The highest BCUT2D eigenvalue weighted by Crippen LogP contribution is 2.21. The average Bonchev–Trinajstić information content (AvgIpc) is 2.81. The third-order valence-corrected chi connectivity index (χ3v) is 4.03. The van der Waals surface area contributed by atoms with E-state index in [-0.39, 0.29) is 12.4 Å². The molecule has 0 unspecified atom stereocenters. The Balaban J connectivity index is 2.22. The molecule has 2 aromatic rings. The summed E-state index contributed by atoms with van der Waals surface area (Å²) >= 11 is 0. The fourth-order valence-corrected chi connectivity index (χ4v) is 2.54. The standard InChI is InChI=1S/C10H10FN5O4S/c11-8-3-7(1-2-9(8)16(17)18)21(19,20)14-5-6-4-13-15-10(6)12/h1-4,14H,5H2,(H3,12,13,15). The maximum atomic E-state index is 13.4. The number of nitrogen functional groups attached to an aromatic ring is 1. The molecule has 0 bridgehead atoms. The van der Waals surface area contributed by atoms with Gasteiger partial charge >= 0.3 is 5.69 Å². The van der Waals surface area contributed by atoms with E-state index in [1.807, 2.05) is 0 Å². The van der Waals surface area contributed by atoms with Gasteiger partial charge in [-0.2, -0.15) is 9.49 Å². The van der Waals surface area contributed by atoms with E-state index in [9.17, 15) is 22.9 Å². The molecule has 0 saturated carbocycles. The predicted molar refractivity (Wildman–Crippen MR) is 70.1 cm³/mol. The zero-order valence-corrected chi connectivity index (χ0v) is 11.2. The van der Waals surface area contributed by atoms with Gasteiger partial charge in [-0.15, -0.1) is 0 Å². The zero-order valence-electron chi connectivity index (χ0n) is 10.4. The minimum atomic E-state index is -4.03. The normalized spacial score (nSPS) is 11.5. The molecule has 0 fully saturated rings. The Morgan fingerprint density at radius 2 is 2.19 bits per heavy atom. The lowest BCUT2D eigenvalue weighted by Gasteiger charge is -2.06. The number of nitro benzene ring substituents is 1. The number of nitrogens with one attached hydrogen (secondary N) is 2. The number of rotatable bonds is 5. The van der Waals surface area contributed by atoms with Crippen molar-refractivity contribution in [3.63, 3.8) is 0 Å². The van der Waals surface area contributed by atoms with Crippen LogP contribution < -0.4 is 10.5 Å². The molecule has 0 aliphatic rings. The minimum Gasteiger partial charge on any atom is -0.384 e. The maximum Gasteiger partial charge on any atom is 0.304 e. The van der Waals surface area contributed by atoms with Crippen LogP contribution in [0.2, 0.25) is 0 Å². The van der Waals surface area contributed by atoms with Crippen molar-refractivity contribution >= 4 is 21.5 Å². The number of sulfonamides is 1. The van der Waals surface area contributed by atoms with Crippen molar-refractivity contribution in [1.29, 1.82) is 0 Å². The third-order valence-electron chi connectivity index (χ3n) is 2.63. The monoisotopic (exact) mass is 315 g/mol. The molecule has 2 rings (SSSR count). The van der Waals surface area contributed by atoms with Crippen LogP contribution in [0, 0.1) is 15.9 Å². The summed E-state index contributed by atoms with van der Waals surface area (Å²) in [5, 5.41) is 16.5. The fourth-order valence-electron chi connectivity index (χ4n) is 1.52. The molecule has 0 aliphatic carbocycles. The second-order valence-corrected chi connectivity index (χ2v) is 5.77. The summed E-state index contributed by atoms with van der Waals surface area (Å²) < 4.78 is 39.5. The highest BCUT2D eigenvalue weighted by atomic mass is 32.2. The Labute approximate surface area is 118 Å². The van der Waals surface area contributed by atoms with Crippen LogP contribution >= 0.6 is 0 Å². The van der Waals surface area contributed by atoms with E-state index in [0.717, 1.165) is 12.1 Å². The molecule has 112 valence electrons. The van der Waals surface area contributed by atoms with Gasteiger partial charge < -0.3 is 5.73 Å². The van der Waals surface area contributed by atoms with E-state index in [4.69, 9.17) is 5.73 Å². The number of halogens is 1. The molecule has 21 heavy (non-hydrogen) atoms. The molecule has 0 spiro atoms. The number of benzene rings is 1. The molecular weight excluding hydrogens is 305 g/mol. The summed E-state index contributed by atoms with van der Waals surface area (Å²) in [7, 11) is -4.03. The lowest BCUT2D eigenvalue weighted by atomic mass is 10.3. The van der Waals surface area contributed by atoms with Gasteiger partial charge in [-0.25, -0.2) is 13.1 Å². The van der Waals surface area contributed by atoms with Crippen LogP contribution in [-0.2, 0) is 16.6 Å². The van der Waals surface area contributed by atoms with Crippen LogP contribution in [0.25, 0.3) is 0 Å². The van der Waals surface area contributed by atoms with Gasteiger partial charge in [-0.05, 0) is 6.07 Å². The molecule has 11 heteroatoms. The largest absolute Gasteiger partial charge is 0.384 e. The van der Waals surface area contributed by atoms with Crippen molar-refractivity contribution in [2.45, 2.75) is 11.4 Å². The summed E-state index contributed by atoms with van der Waals surface area (Å²) in [4.78, 5) is 9.11. The third kappa shape index (κ3) is 3.14. The predicted octanol–water partition coefficient (Wildman–Crippen LogP) is 0.518. The van der Waals surface area contributed by atoms with E-state index >= 15 is 0 Å². The summed E-state index contributed by atoms with van der Waals surface area (Å²) in [6.45, 7) is -0.150. The van der Waals surface area contributed by atoms with Gasteiger partial charge in [0.25, 0.3) is 0 Å². The van der Waals surface area contributed by atoms with E-state index in [1.54, 1.807) is 0 Å². The van der Waals surface area contributed by atoms with Crippen molar-refractivity contribution < 1.29 is 17.7 Å². The van der Waals surface area contributed by atoms with Gasteiger partial charge in [0, 0.05) is 24.2 Å². The summed E-state index contributed by atoms with van der Waals surface area (Å²) in [6, 6.07) is 2.32. The van der Waals surface area contributed by atoms with Gasteiger partial charge in [0.2, 0.25) is 15.8 Å². The summed E-state index contributed by atoms with van der Waals surface area (Å²) in [5.74, 6) is -1.03. The number of anilines is 1. The van der Waals surface area contributed by atoms with Crippen molar-refractivity contribution in [2.24, 2.45) is 0 Å². The minimum absolute atomic E-state index is 0.150. The van der Waals surface area contributed by atoms with E-state index in [2.05, 4.69) is 14.9 Å². The Morgan fingerprint density at radius 1 is 1.48 bits per heavy atom. The van der Waals surface area contributed by atoms with E-state index in [0.29, 0.717) is 11.6 Å². The molecule has 0 saturated heterocycles. The Bertz CT molecular complexity index is 788. The second kappa shape index (κ2) is 5.46. The van der Waals surface area contributed by atoms with Crippen LogP contribution in [0.1, 0.15) is 5.56 Å². The first-order chi connectivity index (χ1) is 9.81. The number of nitrogens with two attached hydrogens (primary N) is 1. The number of aromatic nitrogens is 2. The molecule has 0 amide bonds. The maximum absolute atomic E-state index is 13.4. The first kappa shape index (κ1) is 14.9. The molecule has 1 heterocycles. The van der Waals surface area contributed by atoms with Gasteiger partial charge in [0.1, 0.15) is 5.82 Å². The van der Waals surface area contributed by atoms with E-state index < -0.39 is 31.3 Å². The molecule has 9 nitrogen and oxygen atoms in total. The van der Waals surface area contributed by atoms with E-state index in [1.165, 1.54) is 6.20 Å². The molecule has 1 aromatic carbocycles. The molecular formula is C10H10FN5O4S. The summed E-state index contributed by atoms with van der Waals surface area (Å²) in [5.41, 5.74) is 5.12. The highest BCUT2D eigenvalue weighted by Gasteiger charge is 2.20. The van der Waals surface area contributed by atoms with Crippen LogP contribution in [0.5, 0.6) is 0 Å². The van der Waals surface area contributed by atoms with Crippen molar-refractivity contribution in [3.05, 3.63) is 45.9 Å². The molecule has 4 N–H and O–H groups in total. The Morgan fingerprint density at radius 3 is 2.71 bits per heavy atom. The SMILES string of the molecule is Nc1[nH]ncc1CNS(=O)(=O)c1ccc([N+](=O)[O-])c(F)c1. The Hall–Kier alpha value is -2.53. The van der Waals surface area contributed by atoms with Gasteiger partial charge in [0.05, 0.1) is 16.0 Å². The topological polar surface area (TPSA) is 144 Å². The van der Waals surface area contributed by atoms with Gasteiger partial charge in [-0.1, -0.05) is 0 Å². The van der Waals surface area contributed by atoms with Crippen molar-refractivity contribution in [2.75, 3.05) is 5.73 Å². The lowest BCUT2D eigenvalue weighted by molar-refractivity contribution is -0.387. The highest BCUT2D eigenvalue weighted by molar-refractivity contribution is 7.89. The van der Waals surface area contributed by atoms with Crippen LogP contribution in [0.15, 0.2) is 29.3 Å². The van der Waals surface area contributed by atoms with Crippen LogP contribution in [-0.4, -0.2) is 23.5 Å². The lowest BCUT2D eigenvalue weighted by Crippen LogP contribution is -2.23. The average molecular weight is 315 g/mol. The Kier molecular flexibility index (Phi) is 3.86. The number of H-pyrrole nitrogens is 1. The first-order valence-corrected chi connectivity index (χ1v) is 7.01. The zero-order chi connectivity index (χ0) is 15.6. The van der Waals surface area contributed by atoms with Gasteiger partial charge in [0.15, 0.2) is 0 Å². The van der Waals surface area contributed by atoms with Crippen LogP contribution in [0.4, 0.5) is 15.9 Å². The molecule has 1 aromatic heterocycles. The van der Waals surface area contributed by atoms with Gasteiger partial charge in [-0.3, -0.25) is 15.2 Å². The molecule has 0 atom stereocenters. The van der Waals surface area contributed by atoms with Crippen molar-refractivity contribution in [1.82, 2.24) is 14.9 Å². The molecule has 0 radical (unpaired) electrons.